The molecule has 3 aromatic rings. The molecule has 0 saturated carbocycles. The van der Waals surface area contributed by atoms with E-state index in [4.69, 9.17) is 0 Å². The fraction of sp³-hybridized carbons (Fsp3) is 0.409. The van der Waals surface area contributed by atoms with Gasteiger partial charge in [0.15, 0.2) is 0 Å². The van der Waals surface area contributed by atoms with Crippen molar-refractivity contribution in [1.29, 1.82) is 0 Å². The van der Waals surface area contributed by atoms with Crippen molar-refractivity contribution >= 4 is 17.2 Å². The Balaban J connectivity index is 0.000000948. The maximum absolute atomic E-state index is 4.57. The van der Waals surface area contributed by atoms with E-state index < -0.39 is 0 Å². The van der Waals surface area contributed by atoms with Crippen LogP contribution in [-0.4, -0.2) is 35.6 Å². The third-order valence-corrected chi connectivity index (χ3v) is 5.17. The summed E-state index contributed by atoms with van der Waals surface area (Å²) >= 11 is 0. The molecule has 0 amide bonds. The Kier molecular flexibility index (Phi) is 5.50. The second-order valence-corrected chi connectivity index (χ2v) is 6.74. The summed E-state index contributed by atoms with van der Waals surface area (Å²) in [4.78, 5) is 9.51. The van der Waals surface area contributed by atoms with Crippen LogP contribution in [0.4, 0.5) is 11.5 Å². The van der Waals surface area contributed by atoms with Gasteiger partial charge in [0.25, 0.3) is 0 Å². The quantitative estimate of drug-likeness (QED) is 0.674. The number of pyridine rings is 1. The highest BCUT2D eigenvalue weighted by atomic mass is 15.3. The molecule has 0 radical (unpaired) electrons. The van der Waals surface area contributed by atoms with Gasteiger partial charge in [0, 0.05) is 38.1 Å². The third kappa shape index (κ3) is 3.41. The maximum atomic E-state index is 4.57. The fourth-order valence-corrected chi connectivity index (χ4v) is 3.56. The van der Waals surface area contributed by atoms with Gasteiger partial charge in [-0.15, -0.1) is 0 Å². The van der Waals surface area contributed by atoms with Crippen molar-refractivity contribution in [2.45, 2.75) is 34.6 Å². The number of aromatic nitrogens is 2. The number of benzene rings is 1. The minimum atomic E-state index is 1.02. The molecule has 4 heteroatoms. The van der Waals surface area contributed by atoms with Gasteiger partial charge in [-0.1, -0.05) is 26.0 Å². The largest absolute Gasteiger partial charge is 0.368 e. The lowest BCUT2D eigenvalue weighted by Gasteiger charge is -2.37. The van der Waals surface area contributed by atoms with Crippen LogP contribution in [0.1, 0.15) is 30.5 Å². The molecule has 138 valence electrons. The molecule has 0 unspecified atom stereocenters. The van der Waals surface area contributed by atoms with E-state index in [9.17, 15) is 0 Å². The summed E-state index contributed by atoms with van der Waals surface area (Å²) < 4.78 is 2.20. The lowest BCUT2D eigenvalue weighted by atomic mass is 10.1. The summed E-state index contributed by atoms with van der Waals surface area (Å²) in [6.07, 6.45) is 4.13. The van der Waals surface area contributed by atoms with E-state index in [-0.39, 0.29) is 0 Å². The van der Waals surface area contributed by atoms with Gasteiger partial charge in [0.2, 0.25) is 0 Å². The van der Waals surface area contributed by atoms with Gasteiger partial charge < -0.3 is 9.80 Å². The van der Waals surface area contributed by atoms with E-state index in [1.807, 2.05) is 20.0 Å². The van der Waals surface area contributed by atoms with Crippen LogP contribution in [0.2, 0.25) is 0 Å². The second-order valence-electron chi connectivity index (χ2n) is 6.74. The SMILES string of the molecule is CC.Cc1ccn2c(N3CCN(c4cccc(C)c4C)CC3)cnc2c1. The predicted molar refractivity (Wildman–Crippen MR) is 112 cm³/mol. The molecular weight excluding hydrogens is 320 g/mol. The number of fused-ring (bicyclic) bond motifs is 1. The van der Waals surface area contributed by atoms with Crippen molar-refractivity contribution in [2.75, 3.05) is 36.0 Å². The summed E-state index contributed by atoms with van der Waals surface area (Å²) in [7, 11) is 0. The molecule has 1 fully saturated rings. The predicted octanol–water partition coefficient (Wildman–Crippen LogP) is 4.61. The molecule has 4 nitrogen and oxygen atoms in total. The summed E-state index contributed by atoms with van der Waals surface area (Å²) in [5.74, 6) is 1.20. The number of nitrogens with zero attached hydrogens (tertiary/aromatic N) is 4. The lowest BCUT2D eigenvalue weighted by Crippen LogP contribution is -2.47. The average molecular weight is 351 g/mol. The van der Waals surface area contributed by atoms with Gasteiger partial charge in [-0.25, -0.2) is 4.98 Å². The van der Waals surface area contributed by atoms with Crippen LogP contribution in [0.5, 0.6) is 0 Å². The Hall–Kier alpha value is -2.49. The van der Waals surface area contributed by atoms with Crippen molar-refractivity contribution in [2.24, 2.45) is 0 Å². The minimum absolute atomic E-state index is 1.02. The number of rotatable bonds is 2. The van der Waals surface area contributed by atoms with E-state index in [0.717, 1.165) is 31.8 Å². The maximum Gasteiger partial charge on any atom is 0.138 e. The highest BCUT2D eigenvalue weighted by Crippen LogP contribution is 2.25. The highest BCUT2D eigenvalue weighted by Gasteiger charge is 2.21. The molecule has 0 N–H and O–H groups in total. The monoisotopic (exact) mass is 350 g/mol. The molecule has 0 spiro atoms. The Bertz CT molecular complexity index is 873. The lowest BCUT2D eigenvalue weighted by molar-refractivity contribution is 0.644. The fourth-order valence-electron chi connectivity index (χ4n) is 3.56. The molecule has 0 atom stereocenters. The van der Waals surface area contributed by atoms with Gasteiger partial charge in [0.05, 0.1) is 6.20 Å². The van der Waals surface area contributed by atoms with E-state index in [2.05, 4.69) is 76.5 Å². The average Bonchev–Trinajstić information content (AvgIpc) is 3.09. The molecule has 3 heterocycles. The molecule has 1 saturated heterocycles. The van der Waals surface area contributed by atoms with Crippen LogP contribution >= 0.6 is 0 Å². The van der Waals surface area contributed by atoms with E-state index in [1.54, 1.807) is 0 Å². The van der Waals surface area contributed by atoms with Crippen LogP contribution in [0.25, 0.3) is 5.65 Å². The summed E-state index contributed by atoms with van der Waals surface area (Å²) in [5.41, 5.74) is 6.42. The number of piperazine rings is 1. The van der Waals surface area contributed by atoms with Gasteiger partial charge in [-0.3, -0.25) is 4.40 Å². The van der Waals surface area contributed by atoms with Crippen LogP contribution in [0.15, 0.2) is 42.7 Å². The van der Waals surface area contributed by atoms with Gasteiger partial charge in [0.1, 0.15) is 11.5 Å². The number of anilines is 2. The molecule has 0 bridgehead atoms. The molecule has 4 rings (SSSR count). The van der Waals surface area contributed by atoms with Gasteiger partial charge >= 0.3 is 0 Å². The number of aryl methyl sites for hydroxylation is 2. The first-order chi connectivity index (χ1) is 12.6. The smallest absolute Gasteiger partial charge is 0.138 e. The minimum Gasteiger partial charge on any atom is -0.368 e. The van der Waals surface area contributed by atoms with Crippen LogP contribution in [-0.2, 0) is 0 Å². The first-order valence-corrected chi connectivity index (χ1v) is 9.63. The topological polar surface area (TPSA) is 23.8 Å². The summed E-state index contributed by atoms with van der Waals surface area (Å²) in [6, 6.07) is 10.9. The van der Waals surface area contributed by atoms with Crippen molar-refractivity contribution in [3.63, 3.8) is 0 Å². The summed E-state index contributed by atoms with van der Waals surface area (Å²) in [5, 5.41) is 0. The van der Waals surface area contributed by atoms with E-state index >= 15 is 0 Å². The standard InChI is InChI=1S/C20H24N4.C2H6/c1-15-7-8-24-19(13-15)21-14-20(24)23-11-9-22(10-12-23)18-6-4-5-16(2)17(18)3;1-2/h4-8,13-14H,9-12H2,1-3H3;1-2H3. The zero-order valence-corrected chi connectivity index (χ0v) is 16.7. The highest BCUT2D eigenvalue weighted by molar-refractivity contribution is 5.58. The molecular formula is C22H30N4. The molecule has 26 heavy (non-hydrogen) atoms. The van der Waals surface area contributed by atoms with E-state index in [0.29, 0.717) is 0 Å². The van der Waals surface area contributed by atoms with E-state index in [1.165, 1.54) is 28.2 Å². The van der Waals surface area contributed by atoms with Crippen molar-refractivity contribution in [3.05, 3.63) is 59.4 Å². The Morgan fingerprint density at radius 1 is 0.885 bits per heavy atom. The molecule has 1 aliphatic rings. The van der Waals surface area contributed by atoms with Crippen molar-refractivity contribution in [3.8, 4) is 0 Å². The molecule has 1 aliphatic heterocycles. The first-order valence-electron chi connectivity index (χ1n) is 9.63. The normalized spacial score (nSPS) is 14.3. The second kappa shape index (κ2) is 7.81. The Morgan fingerprint density at radius 3 is 2.31 bits per heavy atom. The molecule has 1 aromatic carbocycles. The number of imidazole rings is 1. The van der Waals surface area contributed by atoms with Crippen molar-refractivity contribution in [1.82, 2.24) is 9.38 Å². The number of hydrogen-bond acceptors (Lipinski definition) is 3. The number of hydrogen-bond donors (Lipinski definition) is 0. The van der Waals surface area contributed by atoms with Crippen LogP contribution in [0.3, 0.4) is 0 Å². The van der Waals surface area contributed by atoms with Gasteiger partial charge in [-0.2, -0.15) is 0 Å². The Labute approximate surface area is 157 Å². The first kappa shape index (κ1) is 18.3. The molecule has 0 aliphatic carbocycles. The summed E-state index contributed by atoms with van der Waals surface area (Å²) in [6.45, 7) is 14.7. The van der Waals surface area contributed by atoms with Crippen LogP contribution < -0.4 is 9.80 Å². The zero-order valence-electron chi connectivity index (χ0n) is 16.7. The van der Waals surface area contributed by atoms with Crippen LogP contribution in [0, 0.1) is 20.8 Å². The van der Waals surface area contributed by atoms with Gasteiger partial charge in [-0.05, 0) is 55.7 Å². The van der Waals surface area contributed by atoms with Crippen molar-refractivity contribution < 1.29 is 0 Å². The third-order valence-electron chi connectivity index (χ3n) is 5.17. The molecule has 2 aromatic heterocycles. The zero-order chi connectivity index (χ0) is 18.7. The Morgan fingerprint density at radius 2 is 1.58 bits per heavy atom.